The van der Waals surface area contributed by atoms with Crippen LogP contribution in [0.3, 0.4) is 0 Å². The SMILES string of the molecule is OCc1cccc(Cl)c1Oc1ccccc1C(F)(F)F. The van der Waals surface area contributed by atoms with E-state index < -0.39 is 11.7 Å². The molecule has 0 aliphatic carbocycles. The molecule has 0 atom stereocenters. The van der Waals surface area contributed by atoms with E-state index in [9.17, 15) is 18.3 Å². The lowest BCUT2D eigenvalue weighted by Crippen LogP contribution is -2.07. The Hall–Kier alpha value is -1.72. The number of ether oxygens (including phenoxy) is 1. The van der Waals surface area contributed by atoms with Gasteiger partial charge in [-0.2, -0.15) is 13.2 Å². The predicted molar refractivity (Wildman–Crippen MR) is 68.9 cm³/mol. The first-order chi connectivity index (χ1) is 9.43. The number of rotatable bonds is 3. The number of alkyl halides is 3. The minimum absolute atomic E-state index is 0.0216. The molecule has 106 valence electrons. The molecule has 0 amide bonds. The van der Waals surface area contributed by atoms with E-state index in [1.54, 1.807) is 6.07 Å². The highest BCUT2D eigenvalue weighted by molar-refractivity contribution is 6.32. The number of aliphatic hydroxyl groups excluding tert-OH is 1. The van der Waals surface area contributed by atoms with E-state index in [0.29, 0.717) is 5.56 Å². The van der Waals surface area contributed by atoms with Crippen molar-refractivity contribution in [3.05, 3.63) is 58.6 Å². The standard InChI is InChI=1S/C14H10ClF3O2/c15-11-6-3-4-9(8-19)13(11)20-12-7-2-1-5-10(12)14(16,17)18/h1-7,19H,8H2. The van der Waals surface area contributed by atoms with Gasteiger partial charge in [0.05, 0.1) is 17.2 Å². The molecular formula is C14H10ClF3O2. The third kappa shape index (κ3) is 3.05. The summed E-state index contributed by atoms with van der Waals surface area (Å²) in [6.45, 7) is -0.385. The van der Waals surface area contributed by atoms with E-state index in [2.05, 4.69) is 0 Å². The number of para-hydroxylation sites is 2. The molecule has 20 heavy (non-hydrogen) atoms. The third-order valence-electron chi connectivity index (χ3n) is 2.62. The van der Waals surface area contributed by atoms with Crippen molar-refractivity contribution in [2.75, 3.05) is 0 Å². The maximum absolute atomic E-state index is 12.9. The largest absolute Gasteiger partial charge is 0.455 e. The first kappa shape index (κ1) is 14.7. The average Bonchev–Trinajstić information content (AvgIpc) is 2.40. The predicted octanol–water partition coefficient (Wildman–Crippen LogP) is 4.64. The smallest absolute Gasteiger partial charge is 0.419 e. The Labute approximate surface area is 118 Å². The molecule has 0 unspecified atom stereocenters. The van der Waals surface area contributed by atoms with Crippen LogP contribution in [0.15, 0.2) is 42.5 Å². The molecule has 6 heteroatoms. The first-order valence-corrected chi connectivity index (χ1v) is 6.03. The quantitative estimate of drug-likeness (QED) is 0.894. The fourth-order valence-electron chi connectivity index (χ4n) is 1.69. The van der Waals surface area contributed by atoms with Crippen LogP contribution in [0.2, 0.25) is 5.02 Å². The summed E-state index contributed by atoms with van der Waals surface area (Å²) in [5, 5.41) is 9.32. The Balaban J connectivity index is 2.46. The van der Waals surface area contributed by atoms with Crippen molar-refractivity contribution in [1.29, 1.82) is 0 Å². The van der Waals surface area contributed by atoms with Crippen LogP contribution in [0.1, 0.15) is 11.1 Å². The number of halogens is 4. The summed E-state index contributed by atoms with van der Waals surface area (Å²) < 4.78 is 43.9. The Morgan fingerprint density at radius 1 is 1.05 bits per heavy atom. The first-order valence-electron chi connectivity index (χ1n) is 5.66. The fraction of sp³-hybridized carbons (Fsp3) is 0.143. The number of hydrogen-bond donors (Lipinski definition) is 1. The Bertz CT molecular complexity index is 612. The van der Waals surface area contributed by atoms with Gasteiger partial charge in [0.25, 0.3) is 0 Å². The Kier molecular flexibility index (Phi) is 4.20. The van der Waals surface area contributed by atoms with Crippen molar-refractivity contribution in [3.63, 3.8) is 0 Å². The van der Waals surface area contributed by atoms with Gasteiger partial charge in [0, 0.05) is 5.56 Å². The van der Waals surface area contributed by atoms with E-state index in [4.69, 9.17) is 16.3 Å². The highest BCUT2D eigenvalue weighted by atomic mass is 35.5. The van der Waals surface area contributed by atoms with Crippen molar-refractivity contribution in [1.82, 2.24) is 0 Å². The molecule has 0 saturated heterocycles. The maximum Gasteiger partial charge on any atom is 0.419 e. The van der Waals surface area contributed by atoms with Gasteiger partial charge in [-0.25, -0.2) is 0 Å². The number of hydrogen-bond acceptors (Lipinski definition) is 2. The molecule has 0 aliphatic heterocycles. The van der Waals surface area contributed by atoms with Gasteiger partial charge in [-0.3, -0.25) is 0 Å². The maximum atomic E-state index is 12.9. The zero-order valence-electron chi connectivity index (χ0n) is 10.1. The third-order valence-corrected chi connectivity index (χ3v) is 2.92. The molecule has 0 bridgehead atoms. The molecule has 0 radical (unpaired) electrons. The zero-order valence-corrected chi connectivity index (χ0v) is 10.9. The van der Waals surface area contributed by atoms with Gasteiger partial charge in [-0.05, 0) is 18.2 Å². The molecular weight excluding hydrogens is 293 g/mol. The van der Waals surface area contributed by atoms with Gasteiger partial charge < -0.3 is 9.84 Å². The number of aliphatic hydroxyl groups is 1. The zero-order chi connectivity index (χ0) is 14.8. The van der Waals surface area contributed by atoms with E-state index in [1.807, 2.05) is 0 Å². The van der Waals surface area contributed by atoms with Crippen molar-refractivity contribution in [3.8, 4) is 11.5 Å². The highest BCUT2D eigenvalue weighted by Gasteiger charge is 2.34. The summed E-state index contributed by atoms with van der Waals surface area (Å²) >= 11 is 5.91. The molecule has 2 aromatic carbocycles. The second-order valence-electron chi connectivity index (χ2n) is 3.98. The van der Waals surface area contributed by atoms with Crippen LogP contribution in [0.25, 0.3) is 0 Å². The molecule has 0 saturated carbocycles. The molecule has 0 fully saturated rings. The van der Waals surface area contributed by atoms with Crippen LogP contribution in [0.5, 0.6) is 11.5 Å². The van der Waals surface area contributed by atoms with E-state index in [-0.39, 0.29) is 23.1 Å². The molecule has 0 aliphatic rings. The monoisotopic (exact) mass is 302 g/mol. The second-order valence-corrected chi connectivity index (χ2v) is 4.39. The van der Waals surface area contributed by atoms with Gasteiger partial charge >= 0.3 is 6.18 Å². The summed E-state index contributed by atoms with van der Waals surface area (Å²) in [7, 11) is 0. The topological polar surface area (TPSA) is 29.5 Å². The van der Waals surface area contributed by atoms with Crippen LogP contribution in [0.4, 0.5) is 13.2 Å². The summed E-state index contributed by atoms with van der Waals surface area (Å²) in [4.78, 5) is 0. The van der Waals surface area contributed by atoms with Gasteiger partial charge in [0.15, 0.2) is 5.75 Å². The van der Waals surface area contributed by atoms with Gasteiger partial charge in [-0.15, -0.1) is 0 Å². The van der Waals surface area contributed by atoms with E-state index in [0.717, 1.165) is 6.07 Å². The number of benzene rings is 2. The van der Waals surface area contributed by atoms with E-state index >= 15 is 0 Å². The second kappa shape index (κ2) is 5.73. The summed E-state index contributed by atoms with van der Waals surface area (Å²) in [5.74, 6) is -0.337. The van der Waals surface area contributed by atoms with Gasteiger partial charge in [-0.1, -0.05) is 35.9 Å². The normalized spacial score (nSPS) is 11.4. The van der Waals surface area contributed by atoms with Gasteiger partial charge in [0.1, 0.15) is 5.75 Å². The van der Waals surface area contributed by atoms with Crippen molar-refractivity contribution in [2.45, 2.75) is 12.8 Å². The Morgan fingerprint density at radius 3 is 2.40 bits per heavy atom. The van der Waals surface area contributed by atoms with Crippen LogP contribution in [-0.4, -0.2) is 5.11 Å². The molecule has 2 rings (SSSR count). The van der Waals surface area contributed by atoms with Crippen LogP contribution in [0, 0.1) is 0 Å². The highest BCUT2D eigenvalue weighted by Crippen LogP contribution is 2.40. The molecule has 2 nitrogen and oxygen atoms in total. The lowest BCUT2D eigenvalue weighted by atomic mass is 10.2. The van der Waals surface area contributed by atoms with Crippen LogP contribution >= 0.6 is 11.6 Å². The van der Waals surface area contributed by atoms with Crippen molar-refractivity contribution >= 4 is 11.6 Å². The van der Waals surface area contributed by atoms with Crippen molar-refractivity contribution < 1.29 is 23.0 Å². The van der Waals surface area contributed by atoms with Crippen LogP contribution < -0.4 is 4.74 Å². The van der Waals surface area contributed by atoms with E-state index in [1.165, 1.54) is 30.3 Å². The molecule has 1 N–H and O–H groups in total. The van der Waals surface area contributed by atoms with Gasteiger partial charge in [0.2, 0.25) is 0 Å². The van der Waals surface area contributed by atoms with Crippen LogP contribution in [-0.2, 0) is 12.8 Å². The molecule has 2 aromatic rings. The Morgan fingerprint density at radius 2 is 1.75 bits per heavy atom. The fourth-order valence-corrected chi connectivity index (χ4v) is 1.92. The molecule has 0 heterocycles. The molecule has 0 spiro atoms. The summed E-state index contributed by atoms with van der Waals surface area (Å²) in [6.07, 6.45) is -4.53. The minimum atomic E-state index is -4.53. The summed E-state index contributed by atoms with van der Waals surface area (Å²) in [6, 6.07) is 9.41. The lowest BCUT2D eigenvalue weighted by molar-refractivity contribution is -0.138. The molecule has 0 aromatic heterocycles. The average molecular weight is 303 g/mol. The minimum Gasteiger partial charge on any atom is -0.455 e. The summed E-state index contributed by atoms with van der Waals surface area (Å²) in [5.41, 5.74) is -0.585. The lowest BCUT2D eigenvalue weighted by Gasteiger charge is -2.16. The van der Waals surface area contributed by atoms with Crippen molar-refractivity contribution in [2.24, 2.45) is 0 Å².